The van der Waals surface area contributed by atoms with Gasteiger partial charge in [0.05, 0.1) is 12.8 Å². The normalized spacial score (nSPS) is 26.7. The van der Waals surface area contributed by atoms with Crippen molar-refractivity contribution in [2.75, 3.05) is 52.1 Å². The Bertz CT molecular complexity index is 444. The number of piperidine rings is 1. The summed E-state index contributed by atoms with van der Waals surface area (Å²) in [5.41, 5.74) is 0. The average Bonchev–Trinajstić information content (AvgIpc) is 2.38. The first-order valence-electron chi connectivity index (χ1n) is 7.31. The minimum absolute atomic E-state index is 0.185. The molecule has 0 N–H and O–H groups in total. The van der Waals surface area contributed by atoms with Gasteiger partial charge in [-0.25, -0.2) is 8.42 Å². The van der Waals surface area contributed by atoms with Crippen LogP contribution in [0.1, 0.15) is 19.8 Å². The molecule has 20 heavy (non-hydrogen) atoms. The van der Waals surface area contributed by atoms with Gasteiger partial charge in [0.1, 0.15) is 0 Å². The lowest BCUT2D eigenvalue weighted by atomic mass is 10.0. The first kappa shape index (κ1) is 15.7. The monoisotopic (exact) mass is 303 g/mol. The van der Waals surface area contributed by atoms with Gasteiger partial charge in [0, 0.05) is 39.3 Å². The zero-order chi connectivity index (χ0) is 14.8. The van der Waals surface area contributed by atoms with E-state index < -0.39 is 10.0 Å². The van der Waals surface area contributed by atoms with E-state index >= 15 is 0 Å². The molecular formula is C13H25N3O3S. The van der Waals surface area contributed by atoms with Crippen molar-refractivity contribution in [1.29, 1.82) is 0 Å². The lowest BCUT2D eigenvalue weighted by Crippen LogP contribution is -2.52. The summed E-state index contributed by atoms with van der Waals surface area (Å²) in [6.07, 6.45) is 3.54. The molecule has 1 atom stereocenters. The molecule has 0 saturated carbocycles. The zero-order valence-corrected chi connectivity index (χ0v) is 13.2. The number of hydrogen-bond acceptors (Lipinski definition) is 4. The molecule has 2 aliphatic rings. The van der Waals surface area contributed by atoms with E-state index in [0.29, 0.717) is 38.6 Å². The largest absolute Gasteiger partial charge is 0.341 e. The second-order valence-corrected chi connectivity index (χ2v) is 8.01. The molecule has 1 amide bonds. The third-order valence-corrected chi connectivity index (χ3v) is 5.47. The number of hydrogen-bond donors (Lipinski definition) is 0. The molecule has 0 unspecified atom stereocenters. The van der Waals surface area contributed by atoms with Crippen LogP contribution in [-0.4, -0.2) is 80.5 Å². The van der Waals surface area contributed by atoms with E-state index in [9.17, 15) is 13.2 Å². The van der Waals surface area contributed by atoms with E-state index in [1.54, 1.807) is 0 Å². The van der Waals surface area contributed by atoms with Crippen LogP contribution < -0.4 is 0 Å². The van der Waals surface area contributed by atoms with Crippen molar-refractivity contribution < 1.29 is 13.2 Å². The molecule has 0 spiro atoms. The number of rotatable bonds is 3. The summed E-state index contributed by atoms with van der Waals surface area (Å²) in [5.74, 6) is 0.777. The highest BCUT2D eigenvalue weighted by molar-refractivity contribution is 7.88. The van der Waals surface area contributed by atoms with Gasteiger partial charge < -0.3 is 4.90 Å². The highest BCUT2D eigenvalue weighted by Gasteiger charge is 2.27. The van der Waals surface area contributed by atoms with Gasteiger partial charge in [-0.15, -0.1) is 0 Å². The minimum atomic E-state index is -3.09. The Kier molecular flexibility index (Phi) is 5.04. The van der Waals surface area contributed by atoms with Gasteiger partial charge in [-0.05, 0) is 18.8 Å². The summed E-state index contributed by atoms with van der Waals surface area (Å²) in [6, 6.07) is 0. The fourth-order valence-electron chi connectivity index (χ4n) is 2.93. The lowest BCUT2D eigenvalue weighted by Gasteiger charge is -2.36. The van der Waals surface area contributed by atoms with Crippen LogP contribution in [0.3, 0.4) is 0 Å². The second kappa shape index (κ2) is 6.41. The first-order chi connectivity index (χ1) is 9.36. The summed E-state index contributed by atoms with van der Waals surface area (Å²) < 4.78 is 24.3. The molecular weight excluding hydrogens is 278 g/mol. The Hall–Kier alpha value is -0.660. The smallest absolute Gasteiger partial charge is 0.236 e. The summed E-state index contributed by atoms with van der Waals surface area (Å²) in [7, 11) is -3.09. The van der Waals surface area contributed by atoms with E-state index in [2.05, 4.69) is 11.8 Å². The number of likely N-dealkylation sites (tertiary alicyclic amines) is 1. The van der Waals surface area contributed by atoms with Crippen molar-refractivity contribution in [3.05, 3.63) is 0 Å². The predicted molar refractivity (Wildman–Crippen MR) is 77.8 cm³/mol. The third kappa shape index (κ3) is 4.17. The number of piperazine rings is 1. The van der Waals surface area contributed by atoms with Crippen LogP contribution >= 0.6 is 0 Å². The van der Waals surface area contributed by atoms with E-state index in [1.807, 2.05) is 4.90 Å². The predicted octanol–water partition coefficient (Wildman–Crippen LogP) is -0.178. The minimum Gasteiger partial charge on any atom is -0.341 e. The molecule has 2 saturated heterocycles. The van der Waals surface area contributed by atoms with E-state index in [1.165, 1.54) is 17.0 Å². The maximum Gasteiger partial charge on any atom is 0.236 e. The van der Waals surface area contributed by atoms with E-state index in [-0.39, 0.29) is 5.91 Å². The third-order valence-electron chi connectivity index (χ3n) is 4.17. The zero-order valence-electron chi connectivity index (χ0n) is 12.4. The number of carbonyl (C=O) groups is 1. The van der Waals surface area contributed by atoms with Crippen LogP contribution in [0.2, 0.25) is 0 Å². The van der Waals surface area contributed by atoms with Gasteiger partial charge in [-0.2, -0.15) is 4.31 Å². The van der Waals surface area contributed by atoms with Gasteiger partial charge in [0.2, 0.25) is 15.9 Å². The number of carbonyl (C=O) groups excluding carboxylic acids is 1. The number of amides is 1. The van der Waals surface area contributed by atoms with Crippen LogP contribution in [-0.2, 0) is 14.8 Å². The van der Waals surface area contributed by atoms with E-state index in [0.717, 1.165) is 19.5 Å². The molecule has 0 radical (unpaired) electrons. The van der Waals surface area contributed by atoms with Crippen molar-refractivity contribution in [2.24, 2.45) is 5.92 Å². The van der Waals surface area contributed by atoms with Gasteiger partial charge in [0.15, 0.2) is 0 Å². The first-order valence-corrected chi connectivity index (χ1v) is 9.16. The Morgan fingerprint density at radius 2 is 1.80 bits per heavy atom. The molecule has 6 nitrogen and oxygen atoms in total. The fraction of sp³-hybridized carbons (Fsp3) is 0.923. The summed E-state index contributed by atoms with van der Waals surface area (Å²) in [5, 5.41) is 0. The number of nitrogens with zero attached hydrogens (tertiary/aromatic N) is 3. The van der Waals surface area contributed by atoms with Crippen LogP contribution in [0.5, 0.6) is 0 Å². The summed E-state index contributed by atoms with van der Waals surface area (Å²) in [6.45, 7) is 6.60. The van der Waals surface area contributed by atoms with Gasteiger partial charge in [-0.3, -0.25) is 9.69 Å². The molecule has 116 valence electrons. The lowest BCUT2D eigenvalue weighted by molar-refractivity contribution is -0.134. The summed E-state index contributed by atoms with van der Waals surface area (Å²) in [4.78, 5) is 16.3. The van der Waals surface area contributed by atoms with Crippen molar-refractivity contribution in [2.45, 2.75) is 19.8 Å². The number of sulfonamides is 1. The molecule has 2 aliphatic heterocycles. The SMILES string of the molecule is C[C@H]1CCCN(C(=O)CN2CCN(S(C)(=O)=O)CC2)C1. The topological polar surface area (TPSA) is 60.9 Å². The van der Waals surface area contributed by atoms with Gasteiger partial charge >= 0.3 is 0 Å². The Morgan fingerprint density at radius 1 is 1.15 bits per heavy atom. The fourth-order valence-corrected chi connectivity index (χ4v) is 3.75. The van der Waals surface area contributed by atoms with Crippen LogP contribution in [0.25, 0.3) is 0 Å². The molecule has 0 aliphatic carbocycles. The molecule has 0 aromatic heterocycles. The molecule has 2 fully saturated rings. The Balaban J connectivity index is 1.79. The molecule has 0 bridgehead atoms. The van der Waals surface area contributed by atoms with Crippen molar-refractivity contribution in [3.8, 4) is 0 Å². The molecule has 0 aromatic rings. The van der Waals surface area contributed by atoms with E-state index in [4.69, 9.17) is 0 Å². The quantitative estimate of drug-likeness (QED) is 0.726. The highest BCUT2D eigenvalue weighted by atomic mass is 32.2. The van der Waals surface area contributed by atoms with Crippen molar-refractivity contribution in [3.63, 3.8) is 0 Å². The maximum atomic E-state index is 12.2. The maximum absolute atomic E-state index is 12.2. The Labute approximate surface area is 121 Å². The van der Waals surface area contributed by atoms with Crippen LogP contribution in [0.4, 0.5) is 0 Å². The van der Waals surface area contributed by atoms with Gasteiger partial charge in [-0.1, -0.05) is 6.92 Å². The second-order valence-electron chi connectivity index (χ2n) is 6.03. The van der Waals surface area contributed by atoms with Crippen molar-refractivity contribution >= 4 is 15.9 Å². The molecule has 2 rings (SSSR count). The summed E-state index contributed by atoms with van der Waals surface area (Å²) >= 11 is 0. The van der Waals surface area contributed by atoms with Gasteiger partial charge in [0.25, 0.3) is 0 Å². The molecule has 2 heterocycles. The van der Waals surface area contributed by atoms with Crippen LogP contribution in [0.15, 0.2) is 0 Å². The molecule has 7 heteroatoms. The van der Waals surface area contributed by atoms with Crippen LogP contribution in [0, 0.1) is 5.92 Å². The standard InChI is InChI=1S/C13H25N3O3S/c1-12-4-3-5-15(10-12)13(17)11-14-6-8-16(9-7-14)20(2,18)19/h12H,3-11H2,1-2H3/t12-/m0/s1. The average molecular weight is 303 g/mol. The van der Waals surface area contributed by atoms with Crippen molar-refractivity contribution in [1.82, 2.24) is 14.1 Å². The highest BCUT2D eigenvalue weighted by Crippen LogP contribution is 2.16. The molecule has 0 aromatic carbocycles. The Morgan fingerprint density at radius 3 is 2.35 bits per heavy atom.